The van der Waals surface area contributed by atoms with Crippen LogP contribution in [0.5, 0.6) is 0 Å². The average Bonchev–Trinajstić information content (AvgIpc) is 2.81. The van der Waals surface area contributed by atoms with Gasteiger partial charge in [-0.15, -0.1) is 0 Å². The van der Waals surface area contributed by atoms with Gasteiger partial charge in [0.05, 0.1) is 6.04 Å². The van der Waals surface area contributed by atoms with E-state index >= 15 is 0 Å². The van der Waals surface area contributed by atoms with Gasteiger partial charge in [0.25, 0.3) is 0 Å². The highest BCUT2D eigenvalue weighted by Crippen LogP contribution is 2.23. The Morgan fingerprint density at radius 2 is 2.04 bits per heavy atom. The molecule has 5 nitrogen and oxygen atoms in total. The van der Waals surface area contributed by atoms with Crippen LogP contribution in [0.1, 0.15) is 45.2 Å². The maximum Gasteiger partial charge on any atom is 0.319 e. The Morgan fingerprint density at radius 3 is 2.61 bits per heavy atom. The Bertz CT molecular complexity index is 605. The molecule has 1 saturated heterocycles. The van der Waals surface area contributed by atoms with Gasteiger partial charge in [0.1, 0.15) is 0 Å². The third kappa shape index (κ3) is 4.03. The fourth-order valence-electron chi connectivity index (χ4n) is 2.99. The van der Waals surface area contributed by atoms with Crippen LogP contribution in [0.2, 0.25) is 0 Å². The van der Waals surface area contributed by atoms with E-state index in [1.165, 1.54) is 0 Å². The van der Waals surface area contributed by atoms with Gasteiger partial charge < -0.3 is 15.5 Å². The molecule has 0 spiro atoms. The predicted molar refractivity (Wildman–Crippen MR) is 92.6 cm³/mol. The first-order valence-electron chi connectivity index (χ1n) is 8.19. The monoisotopic (exact) mass is 317 g/mol. The molecule has 0 aromatic heterocycles. The van der Waals surface area contributed by atoms with E-state index in [1.54, 1.807) is 0 Å². The van der Waals surface area contributed by atoms with Gasteiger partial charge in [-0.3, -0.25) is 4.79 Å². The average molecular weight is 317 g/mol. The first kappa shape index (κ1) is 17.3. The number of hydrogen-bond acceptors (Lipinski definition) is 2. The summed E-state index contributed by atoms with van der Waals surface area (Å²) in [6, 6.07) is 5.60. The Morgan fingerprint density at radius 1 is 1.35 bits per heavy atom. The van der Waals surface area contributed by atoms with Gasteiger partial charge in [-0.1, -0.05) is 25.1 Å². The molecule has 23 heavy (non-hydrogen) atoms. The van der Waals surface area contributed by atoms with Crippen molar-refractivity contribution in [2.45, 2.75) is 59.0 Å². The van der Waals surface area contributed by atoms with Gasteiger partial charge in [0, 0.05) is 24.2 Å². The van der Waals surface area contributed by atoms with E-state index in [-0.39, 0.29) is 23.5 Å². The number of carbonyl (C=O) groups excluding carboxylic acids is 2. The van der Waals surface area contributed by atoms with Crippen LogP contribution < -0.4 is 10.6 Å². The molecule has 0 bridgehead atoms. The summed E-state index contributed by atoms with van der Waals surface area (Å²) in [5.74, 6) is 0.0907. The molecule has 1 aliphatic heterocycles. The van der Waals surface area contributed by atoms with Gasteiger partial charge in [-0.2, -0.15) is 0 Å². The largest absolute Gasteiger partial charge is 0.336 e. The van der Waals surface area contributed by atoms with Crippen LogP contribution in [-0.2, 0) is 11.2 Å². The lowest BCUT2D eigenvalue weighted by Gasteiger charge is -2.32. The van der Waals surface area contributed by atoms with Crippen molar-refractivity contribution in [2.24, 2.45) is 0 Å². The van der Waals surface area contributed by atoms with Crippen LogP contribution >= 0.6 is 0 Å². The summed E-state index contributed by atoms with van der Waals surface area (Å²) in [6.07, 6.45) is 1.22. The third-order valence-corrected chi connectivity index (χ3v) is 4.25. The van der Waals surface area contributed by atoms with Crippen molar-refractivity contribution >= 4 is 17.6 Å². The van der Waals surface area contributed by atoms with Crippen LogP contribution in [0.15, 0.2) is 18.2 Å². The summed E-state index contributed by atoms with van der Waals surface area (Å²) >= 11 is 0. The number of nitrogens with zero attached hydrogens (tertiary/aromatic N) is 1. The molecule has 1 aliphatic rings. The Labute approximate surface area is 138 Å². The minimum absolute atomic E-state index is 0.0907. The van der Waals surface area contributed by atoms with Crippen LogP contribution in [0.4, 0.5) is 10.5 Å². The topological polar surface area (TPSA) is 61.4 Å². The highest BCUT2D eigenvalue weighted by Gasteiger charge is 2.36. The van der Waals surface area contributed by atoms with E-state index in [1.807, 2.05) is 50.8 Å². The number of likely N-dealkylation sites (tertiary alicyclic amines) is 1. The summed E-state index contributed by atoms with van der Waals surface area (Å²) in [5.41, 5.74) is 2.80. The van der Waals surface area contributed by atoms with Crippen molar-refractivity contribution < 1.29 is 9.59 Å². The molecule has 2 rings (SSSR count). The number of nitrogens with one attached hydrogen (secondary N) is 2. The predicted octanol–water partition coefficient (Wildman–Crippen LogP) is 3.08. The van der Waals surface area contributed by atoms with E-state index < -0.39 is 0 Å². The molecule has 1 heterocycles. The molecule has 0 saturated carbocycles. The first-order valence-corrected chi connectivity index (χ1v) is 8.19. The minimum Gasteiger partial charge on any atom is -0.336 e. The Balaban J connectivity index is 2.01. The number of hydrogen-bond donors (Lipinski definition) is 2. The lowest BCUT2D eigenvalue weighted by Crippen LogP contribution is -2.45. The van der Waals surface area contributed by atoms with Crippen molar-refractivity contribution in [1.29, 1.82) is 0 Å². The number of carbonyl (C=O) groups is 2. The maximum atomic E-state index is 12.3. The Kier molecular flexibility index (Phi) is 4.97. The zero-order valence-electron chi connectivity index (χ0n) is 14.7. The van der Waals surface area contributed by atoms with Crippen molar-refractivity contribution in [1.82, 2.24) is 10.2 Å². The lowest BCUT2D eigenvalue weighted by atomic mass is 10.1. The summed E-state index contributed by atoms with van der Waals surface area (Å²) in [7, 11) is 0. The van der Waals surface area contributed by atoms with Crippen LogP contribution in [0.25, 0.3) is 0 Å². The number of para-hydroxylation sites is 1. The quantitative estimate of drug-likeness (QED) is 0.900. The van der Waals surface area contributed by atoms with E-state index in [2.05, 4.69) is 17.6 Å². The van der Waals surface area contributed by atoms with Crippen molar-refractivity contribution in [3.8, 4) is 0 Å². The van der Waals surface area contributed by atoms with Crippen molar-refractivity contribution in [3.05, 3.63) is 29.3 Å². The normalized spacial score (nSPS) is 18.2. The van der Waals surface area contributed by atoms with Gasteiger partial charge in [0.15, 0.2) is 0 Å². The minimum atomic E-state index is -0.248. The molecular weight excluding hydrogens is 290 g/mol. The van der Waals surface area contributed by atoms with Crippen LogP contribution in [-0.4, -0.2) is 35.0 Å². The second-order valence-corrected chi connectivity index (χ2v) is 7.14. The maximum absolute atomic E-state index is 12.3. The zero-order valence-corrected chi connectivity index (χ0v) is 14.7. The van der Waals surface area contributed by atoms with Crippen molar-refractivity contribution in [3.63, 3.8) is 0 Å². The number of anilines is 1. The van der Waals surface area contributed by atoms with Crippen LogP contribution in [0.3, 0.4) is 0 Å². The molecule has 3 amide bonds. The van der Waals surface area contributed by atoms with E-state index in [9.17, 15) is 9.59 Å². The molecule has 1 unspecified atom stereocenters. The van der Waals surface area contributed by atoms with Gasteiger partial charge in [-0.25, -0.2) is 4.79 Å². The SMILES string of the molecule is CCc1cccc(C)c1NC(=O)NC1CC(=O)N(C(C)(C)C)C1. The molecule has 1 aromatic rings. The molecule has 1 aromatic carbocycles. The Hall–Kier alpha value is -2.04. The molecule has 1 fully saturated rings. The molecular formula is C18H27N3O2. The second-order valence-electron chi connectivity index (χ2n) is 7.14. The third-order valence-electron chi connectivity index (χ3n) is 4.25. The number of aryl methyl sites for hydroxylation is 2. The number of benzene rings is 1. The number of rotatable bonds is 3. The molecule has 5 heteroatoms. The van der Waals surface area contributed by atoms with Gasteiger partial charge in [0.2, 0.25) is 5.91 Å². The fraction of sp³-hybridized carbons (Fsp3) is 0.556. The fourth-order valence-corrected chi connectivity index (χ4v) is 2.99. The van der Waals surface area contributed by atoms with E-state index in [0.29, 0.717) is 13.0 Å². The lowest BCUT2D eigenvalue weighted by molar-refractivity contribution is -0.131. The molecule has 1 atom stereocenters. The first-order chi connectivity index (χ1) is 10.7. The highest BCUT2D eigenvalue weighted by atomic mass is 16.2. The van der Waals surface area contributed by atoms with E-state index in [4.69, 9.17) is 0 Å². The second kappa shape index (κ2) is 6.60. The van der Waals surface area contributed by atoms with Crippen molar-refractivity contribution in [2.75, 3.05) is 11.9 Å². The molecule has 0 aliphatic carbocycles. The van der Waals surface area contributed by atoms with E-state index in [0.717, 1.165) is 23.2 Å². The summed E-state index contributed by atoms with van der Waals surface area (Å²) in [6.45, 7) is 10.6. The number of urea groups is 1. The smallest absolute Gasteiger partial charge is 0.319 e. The van der Waals surface area contributed by atoms with Gasteiger partial charge in [-0.05, 0) is 45.2 Å². The molecule has 0 radical (unpaired) electrons. The number of amides is 3. The summed E-state index contributed by atoms with van der Waals surface area (Å²) in [5, 5.41) is 5.87. The standard InChI is InChI=1S/C18H27N3O2/c1-6-13-9-7-8-12(2)16(13)20-17(23)19-14-10-15(22)21(11-14)18(3,4)5/h7-9,14H,6,10-11H2,1-5H3,(H2,19,20,23). The highest BCUT2D eigenvalue weighted by molar-refractivity contribution is 5.92. The van der Waals surface area contributed by atoms with Gasteiger partial charge >= 0.3 is 6.03 Å². The summed E-state index contributed by atoms with van der Waals surface area (Å²) in [4.78, 5) is 26.2. The molecule has 126 valence electrons. The zero-order chi connectivity index (χ0) is 17.2. The molecule has 2 N–H and O–H groups in total. The summed E-state index contributed by atoms with van der Waals surface area (Å²) < 4.78 is 0. The van der Waals surface area contributed by atoms with Crippen LogP contribution in [0, 0.1) is 6.92 Å².